The number of aromatic nitrogens is 2. The van der Waals surface area contributed by atoms with E-state index in [2.05, 4.69) is 14.7 Å². The van der Waals surface area contributed by atoms with Crippen LogP contribution in [0.15, 0.2) is 42.5 Å². The van der Waals surface area contributed by atoms with Gasteiger partial charge in [-0.15, -0.1) is 0 Å². The Morgan fingerprint density at radius 3 is 2.75 bits per heavy atom. The summed E-state index contributed by atoms with van der Waals surface area (Å²) in [6, 6.07) is 11.8. The number of carbonyl (C=O) groups excluding carboxylic acids is 1. The lowest BCUT2D eigenvalue weighted by molar-refractivity contribution is 0.0595. The number of H-pyrrole nitrogens is 1. The van der Waals surface area contributed by atoms with E-state index in [1.54, 1.807) is 6.07 Å². The van der Waals surface area contributed by atoms with Gasteiger partial charge >= 0.3 is 5.97 Å². The number of methoxy groups -OCH3 is 1. The second kappa shape index (κ2) is 4.77. The highest BCUT2D eigenvalue weighted by Crippen LogP contribution is 2.22. The van der Waals surface area contributed by atoms with Crippen molar-refractivity contribution in [2.45, 2.75) is 0 Å². The SMILES string of the molecule is COC(=O)c1ccc(-c2nc3ccccc3[nH]2)cc1F. The molecule has 0 fully saturated rings. The van der Waals surface area contributed by atoms with E-state index in [0.717, 1.165) is 11.0 Å². The number of nitrogens with zero attached hydrogens (tertiary/aromatic N) is 1. The topological polar surface area (TPSA) is 55.0 Å². The Labute approximate surface area is 114 Å². The average molecular weight is 270 g/mol. The highest BCUT2D eigenvalue weighted by Gasteiger charge is 2.14. The third-order valence-corrected chi connectivity index (χ3v) is 3.04. The van der Waals surface area contributed by atoms with Crippen LogP contribution in [0.25, 0.3) is 22.4 Å². The number of esters is 1. The summed E-state index contributed by atoms with van der Waals surface area (Å²) in [5.41, 5.74) is 2.17. The molecule has 0 saturated heterocycles. The van der Waals surface area contributed by atoms with Crippen LogP contribution in [0.3, 0.4) is 0 Å². The molecule has 1 heterocycles. The number of halogens is 1. The van der Waals surface area contributed by atoms with E-state index in [1.807, 2.05) is 24.3 Å². The molecular weight excluding hydrogens is 259 g/mol. The van der Waals surface area contributed by atoms with Crippen molar-refractivity contribution >= 4 is 17.0 Å². The highest BCUT2D eigenvalue weighted by molar-refractivity contribution is 5.90. The lowest BCUT2D eigenvalue weighted by atomic mass is 10.1. The molecule has 2 aromatic carbocycles. The normalized spacial score (nSPS) is 10.7. The Morgan fingerprint density at radius 2 is 2.05 bits per heavy atom. The molecule has 1 N–H and O–H groups in total. The lowest BCUT2D eigenvalue weighted by Crippen LogP contribution is -2.04. The van der Waals surface area contributed by atoms with Crippen molar-refractivity contribution in [2.24, 2.45) is 0 Å². The first-order valence-corrected chi connectivity index (χ1v) is 6.02. The van der Waals surface area contributed by atoms with Crippen molar-refractivity contribution in [3.05, 3.63) is 53.8 Å². The smallest absolute Gasteiger partial charge is 0.340 e. The van der Waals surface area contributed by atoms with Crippen LogP contribution in [-0.4, -0.2) is 23.0 Å². The van der Waals surface area contributed by atoms with Gasteiger partial charge in [-0.05, 0) is 24.3 Å². The van der Waals surface area contributed by atoms with Gasteiger partial charge in [0.2, 0.25) is 0 Å². The van der Waals surface area contributed by atoms with Crippen LogP contribution in [0.1, 0.15) is 10.4 Å². The van der Waals surface area contributed by atoms with Crippen LogP contribution in [0, 0.1) is 5.82 Å². The summed E-state index contributed by atoms with van der Waals surface area (Å²) < 4.78 is 18.4. The molecule has 3 aromatic rings. The number of benzene rings is 2. The zero-order chi connectivity index (χ0) is 14.1. The van der Waals surface area contributed by atoms with E-state index in [4.69, 9.17) is 0 Å². The van der Waals surface area contributed by atoms with E-state index in [-0.39, 0.29) is 5.56 Å². The summed E-state index contributed by atoms with van der Waals surface area (Å²) in [5, 5.41) is 0. The standard InChI is InChI=1S/C15H11FN2O2/c1-20-15(19)10-7-6-9(8-11(10)16)14-17-12-4-2-3-5-13(12)18-14/h2-8H,1H3,(H,17,18). The summed E-state index contributed by atoms with van der Waals surface area (Å²) in [6.45, 7) is 0. The van der Waals surface area contributed by atoms with E-state index >= 15 is 0 Å². The maximum atomic E-state index is 13.9. The van der Waals surface area contributed by atoms with Gasteiger partial charge < -0.3 is 9.72 Å². The molecule has 100 valence electrons. The molecule has 4 nitrogen and oxygen atoms in total. The van der Waals surface area contributed by atoms with Gasteiger partial charge in [0.05, 0.1) is 23.7 Å². The molecule has 1 aromatic heterocycles. The molecule has 0 saturated carbocycles. The van der Waals surface area contributed by atoms with Gasteiger partial charge in [-0.25, -0.2) is 14.2 Å². The number of ether oxygens (including phenoxy) is 1. The van der Waals surface area contributed by atoms with Gasteiger partial charge in [0.25, 0.3) is 0 Å². The Hall–Kier alpha value is -2.69. The van der Waals surface area contributed by atoms with Crippen LogP contribution in [-0.2, 0) is 4.74 Å². The van der Waals surface area contributed by atoms with Crippen molar-refractivity contribution in [3.8, 4) is 11.4 Å². The number of fused-ring (bicyclic) bond motifs is 1. The van der Waals surface area contributed by atoms with Gasteiger partial charge in [0.15, 0.2) is 0 Å². The predicted molar refractivity (Wildman–Crippen MR) is 72.8 cm³/mol. The zero-order valence-corrected chi connectivity index (χ0v) is 10.7. The van der Waals surface area contributed by atoms with Gasteiger partial charge in [-0.3, -0.25) is 0 Å². The van der Waals surface area contributed by atoms with Crippen LogP contribution in [0.4, 0.5) is 4.39 Å². The summed E-state index contributed by atoms with van der Waals surface area (Å²) in [5.74, 6) is -0.769. The van der Waals surface area contributed by atoms with Crippen molar-refractivity contribution < 1.29 is 13.9 Å². The molecule has 0 amide bonds. The monoisotopic (exact) mass is 270 g/mol. The number of imidazole rings is 1. The van der Waals surface area contributed by atoms with Gasteiger partial charge in [-0.2, -0.15) is 0 Å². The molecule has 0 atom stereocenters. The summed E-state index contributed by atoms with van der Waals surface area (Å²) in [6.07, 6.45) is 0. The fraction of sp³-hybridized carbons (Fsp3) is 0.0667. The molecule has 3 rings (SSSR count). The molecule has 0 aliphatic carbocycles. The van der Waals surface area contributed by atoms with E-state index in [9.17, 15) is 9.18 Å². The fourth-order valence-corrected chi connectivity index (χ4v) is 2.03. The van der Waals surface area contributed by atoms with Gasteiger partial charge in [0, 0.05) is 5.56 Å². The maximum absolute atomic E-state index is 13.9. The quantitative estimate of drug-likeness (QED) is 0.728. The van der Waals surface area contributed by atoms with E-state index in [0.29, 0.717) is 11.4 Å². The van der Waals surface area contributed by atoms with Gasteiger partial charge in [-0.1, -0.05) is 18.2 Å². The molecular formula is C15H11FN2O2. The predicted octanol–water partition coefficient (Wildman–Crippen LogP) is 3.16. The first-order chi connectivity index (χ1) is 9.69. The van der Waals surface area contributed by atoms with Gasteiger partial charge in [0.1, 0.15) is 11.6 Å². The molecule has 0 radical (unpaired) electrons. The maximum Gasteiger partial charge on any atom is 0.340 e. The first kappa shape index (κ1) is 12.3. The van der Waals surface area contributed by atoms with E-state index < -0.39 is 11.8 Å². The zero-order valence-electron chi connectivity index (χ0n) is 10.7. The summed E-state index contributed by atoms with van der Waals surface area (Å²) in [4.78, 5) is 18.8. The molecule has 5 heteroatoms. The number of hydrogen-bond acceptors (Lipinski definition) is 3. The molecule has 0 aliphatic heterocycles. The Balaban J connectivity index is 2.06. The highest BCUT2D eigenvalue weighted by atomic mass is 19.1. The average Bonchev–Trinajstić information content (AvgIpc) is 2.90. The number of carbonyl (C=O) groups is 1. The number of rotatable bonds is 2. The summed E-state index contributed by atoms with van der Waals surface area (Å²) in [7, 11) is 1.22. The van der Waals surface area contributed by atoms with E-state index in [1.165, 1.54) is 19.2 Å². The van der Waals surface area contributed by atoms with Crippen molar-refractivity contribution in [2.75, 3.05) is 7.11 Å². The minimum atomic E-state index is -0.696. The number of nitrogens with one attached hydrogen (secondary N) is 1. The van der Waals surface area contributed by atoms with Crippen LogP contribution >= 0.6 is 0 Å². The fourth-order valence-electron chi connectivity index (χ4n) is 2.03. The third kappa shape index (κ3) is 2.03. The molecule has 0 spiro atoms. The first-order valence-electron chi connectivity index (χ1n) is 6.02. The number of para-hydroxylation sites is 2. The van der Waals surface area contributed by atoms with Crippen molar-refractivity contribution in [1.29, 1.82) is 0 Å². The molecule has 0 bridgehead atoms. The lowest BCUT2D eigenvalue weighted by Gasteiger charge is -2.02. The minimum absolute atomic E-state index is 0.0904. The van der Waals surface area contributed by atoms with Crippen molar-refractivity contribution in [1.82, 2.24) is 9.97 Å². The Kier molecular flexibility index (Phi) is 2.95. The third-order valence-electron chi connectivity index (χ3n) is 3.04. The molecule has 0 aliphatic rings. The molecule has 0 unspecified atom stereocenters. The Morgan fingerprint density at radius 1 is 1.25 bits per heavy atom. The second-order valence-electron chi connectivity index (χ2n) is 4.29. The minimum Gasteiger partial charge on any atom is -0.465 e. The molecule has 20 heavy (non-hydrogen) atoms. The summed E-state index contributed by atoms with van der Waals surface area (Å²) >= 11 is 0. The van der Waals surface area contributed by atoms with Crippen LogP contribution in [0.5, 0.6) is 0 Å². The van der Waals surface area contributed by atoms with Crippen molar-refractivity contribution in [3.63, 3.8) is 0 Å². The Bertz CT molecular complexity index is 762. The largest absolute Gasteiger partial charge is 0.465 e. The van der Waals surface area contributed by atoms with Crippen LogP contribution in [0.2, 0.25) is 0 Å². The number of aromatic amines is 1. The number of hydrogen-bond donors (Lipinski definition) is 1. The second-order valence-corrected chi connectivity index (χ2v) is 4.29. The van der Waals surface area contributed by atoms with Crippen LogP contribution < -0.4 is 0 Å².